The van der Waals surface area contributed by atoms with Gasteiger partial charge in [0.25, 0.3) is 0 Å². The van der Waals surface area contributed by atoms with Gasteiger partial charge in [0.05, 0.1) is 19.2 Å². The molecule has 1 amide bonds. The highest BCUT2D eigenvalue weighted by atomic mass is 16.5. The van der Waals surface area contributed by atoms with Gasteiger partial charge in [-0.15, -0.1) is 0 Å². The molecule has 7 heteroatoms. The first-order valence-corrected chi connectivity index (χ1v) is 12.0. The summed E-state index contributed by atoms with van der Waals surface area (Å²) in [5.41, 5.74) is 6.60. The van der Waals surface area contributed by atoms with Crippen LogP contribution in [0, 0.1) is 13.8 Å². The molecule has 0 spiro atoms. The largest absolute Gasteiger partial charge is 0.497 e. The molecule has 1 fully saturated rings. The standard InChI is InChI=1S/C27H35N5O2/c1-19-26(20(2)31-30-19)12-15-28-22-13-16-32(17-14-22)24-8-6-23(7-9-24)29-27(33)18-21-4-10-25(34-3)11-5-21/h4-11,22,28H,12-18H2,1-3H3,(H,29,33)(H,30,31). The third-order valence-electron chi connectivity index (χ3n) is 6.62. The van der Waals surface area contributed by atoms with Crippen LogP contribution < -0.4 is 20.3 Å². The topological polar surface area (TPSA) is 82.3 Å². The van der Waals surface area contributed by atoms with Crippen LogP contribution in [0.15, 0.2) is 48.5 Å². The highest BCUT2D eigenvalue weighted by Crippen LogP contribution is 2.22. The number of nitrogens with zero attached hydrogens (tertiary/aromatic N) is 2. The number of aromatic amines is 1. The van der Waals surface area contributed by atoms with E-state index in [1.165, 1.54) is 16.9 Å². The van der Waals surface area contributed by atoms with Crippen molar-refractivity contribution in [2.24, 2.45) is 0 Å². The number of carbonyl (C=O) groups excluding carboxylic acids is 1. The van der Waals surface area contributed by atoms with E-state index in [1.807, 2.05) is 36.4 Å². The number of H-pyrrole nitrogens is 1. The summed E-state index contributed by atoms with van der Waals surface area (Å²) >= 11 is 0. The van der Waals surface area contributed by atoms with E-state index in [0.29, 0.717) is 12.5 Å². The van der Waals surface area contributed by atoms with E-state index in [-0.39, 0.29) is 5.91 Å². The number of piperidine rings is 1. The van der Waals surface area contributed by atoms with Crippen LogP contribution in [0.5, 0.6) is 5.75 Å². The second-order valence-electron chi connectivity index (χ2n) is 9.00. The molecule has 1 aromatic heterocycles. The number of carbonyl (C=O) groups is 1. The third kappa shape index (κ3) is 6.17. The van der Waals surface area contributed by atoms with Gasteiger partial charge < -0.3 is 20.3 Å². The Morgan fingerprint density at radius 1 is 1.09 bits per heavy atom. The van der Waals surface area contributed by atoms with Gasteiger partial charge in [0.1, 0.15) is 5.75 Å². The zero-order valence-electron chi connectivity index (χ0n) is 20.4. The zero-order chi connectivity index (χ0) is 23.9. The molecule has 0 unspecified atom stereocenters. The van der Waals surface area contributed by atoms with Crippen LogP contribution in [0.2, 0.25) is 0 Å². The Morgan fingerprint density at radius 3 is 2.41 bits per heavy atom. The number of anilines is 2. The Balaban J connectivity index is 1.20. The Bertz CT molecular complexity index is 1050. The molecular weight excluding hydrogens is 426 g/mol. The maximum atomic E-state index is 12.4. The van der Waals surface area contributed by atoms with Gasteiger partial charge in [0.2, 0.25) is 5.91 Å². The Kier molecular flexibility index (Phi) is 7.85. The normalized spacial score (nSPS) is 14.3. The van der Waals surface area contributed by atoms with Gasteiger partial charge in [-0.05, 0) is 87.2 Å². The molecule has 1 aliphatic rings. The van der Waals surface area contributed by atoms with E-state index >= 15 is 0 Å². The van der Waals surface area contributed by atoms with E-state index in [2.05, 4.69) is 51.7 Å². The Morgan fingerprint density at radius 2 is 1.79 bits per heavy atom. The first kappa shape index (κ1) is 23.8. The molecule has 3 aromatic rings. The molecule has 2 aromatic carbocycles. The number of benzene rings is 2. The lowest BCUT2D eigenvalue weighted by molar-refractivity contribution is -0.115. The van der Waals surface area contributed by atoms with Crippen molar-refractivity contribution in [3.05, 3.63) is 71.0 Å². The van der Waals surface area contributed by atoms with Crippen molar-refractivity contribution in [2.45, 2.75) is 45.6 Å². The molecule has 0 atom stereocenters. The molecule has 0 saturated carbocycles. The van der Waals surface area contributed by atoms with Crippen molar-refractivity contribution in [3.8, 4) is 5.75 Å². The smallest absolute Gasteiger partial charge is 0.228 e. The van der Waals surface area contributed by atoms with Crippen molar-refractivity contribution in [3.63, 3.8) is 0 Å². The van der Waals surface area contributed by atoms with Crippen molar-refractivity contribution >= 4 is 17.3 Å². The predicted molar refractivity (Wildman–Crippen MR) is 137 cm³/mol. The van der Waals surface area contributed by atoms with Gasteiger partial charge in [-0.3, -0.25) is 9.89 Å². The van der Waals surface area contributed by atoms with Crippen molar-refractivity contribution < 1.29 is 9.53 Å². The molecule has 0 aliphatic carbocycles. The van der Waals surface area contributed by atoms with Gasteiger partial charge in [0.15, 0.2) is 0 Å². The van der Waals surface area contributed by atoms with Gasteiger partial charge >= 0.3 is 0 Å². The summed E-state index contributed by atoms with van der Waals surface area (Å²) in [6.07, 6.45) is 3.61. The van der Waals surface area contributed by atoms with Crippen LogP contribution >= 0.6 is 0 Å². The maximum absolute atomic E-state index is 12.4. The molecular formula is C27H35N5O2. The van der Waals surface area contributed by atoms with Crippen LogP contribution in [-0.4, -0.2) is 48.9 Å². The van der Waals surface area contributed by atoms with Crippen LogP contribution in [0.25, 0.3) is 0 Å². The Labute approximate surface area is 201 Å². The number of rotatable bonds is 9. The lowest BCUT2D eigenvalue weighted by Crippen LogP contribution is -2.43. The van der Waals surface area contributed by atoms with Crippen molar-refractivity contribution in [1.82, 2.24) is 15.5 Å². The fourth-order valence-corrected chi connectivity index (χ4v) is 4.58. The molecule has 7 nitrogen and oxygen atoms in total. The number of nitrogens with one attached hydrogen (secondary N) is 3. The summed E-state index contributed by atoms with van der Waals surface area (Å²) < 4.78 is 5.16. The molecule has 34 heavy (non-hydrogen) atoms. The summed E-state index contributed by atoms with van der Waals surface area (Å²) in [5.74, 6) is 0.768. The lowest BCUT2D eigenvalue weighted by Gasteiger charge is -2.34. The zero-order valence-corrected chi connectivity index (χ0v) is 20.4. The summed E-state index contributed by atoms with van der Waals surface area (Å²) in [7, 11) is 1.64. The van der Waals surface area contributed by atoms with E-state index in [4.69, 9.17) is 4.74 Å². The second kappa shape index (κ2) is 11.2. The summed E-state index contributed by atoms with van der Waals surface area (Å²) in [4.78, 5) is 14.8. The average molecular weight is 462 g/mol. The molecule has 0 bridgehead atoms. The summed E-state index contributed by atoms with van der Waals surface area (Å²) in [6.45, 7) is 7.20. The van der Waals surface area contributed by atoms with Crippen LogP contribution in [0.1, 0.15) is 35.4 Å². The molecule has 180 valence electrons. The third-order valence-corrected chi connectivity index (χ3v) is 6.62. The Hall–Kier alpha value is -3.32. The van der Waals surface area contributed by atoms with Crippen LogP contribution in [0.4, 0.5) is 11.4 Å². The number of hydrogen-bond donors (Lipinski definition) is 3. The maximum Gasteiger partial charge on any atom is 0.228 e. The predicted octanol–water partition coefficient (Wildman–Crippen LogP) is 4.02. The number of aryl methyl sites for hydroxylation is 2. The first-order chi connectivity index (χ1) is 16.5. The van der Waals surface area contributed by atoms with Crippen molar-refractivity contribution in [1.29, 1.82) is 0 Å². The van der Waals surface area contributed by atoms with E-state index in [1.54, 1.807) is 7.11 Å². The molecule has 1 saturated heterocycles. The minimum absolute atomic E-state index is 0.0226. The number of methoxy groups -OCH3 is 1. The summed E-state index contributed by atoms with van der Waals surface area (Å²) in [6, 6.07) is 16.3. The molecule has 4 rings (SSSR count). The number of amides is 1. The minimum Gasteiger partial charge on any atom is -0.497 e. The lowest BCUT2D eigenvalue weighted by atomic mass is 10.0. The molecule has 0 radical (unpaired) electrons. The van der Waals surface area contributed by atoms with Crippen molar-refractivity contribution in [2.75, 3.05) is 37.0 Å². The average Bonchev–Trinajstić information content (AvgIpc) is 3.18. The SMILES string of the molecule is COc1ccc(CC(=O)Nc2ccc(N3CCC(NCCc4c(C)n[nH]c4C)CC3)cc2)cc1. The highest BCUT2D eigenvalue weighted by Gasteiger charge is 2.19. The second-order valence-corrected chi connectivity index (χ2v) is 9.00. The van der Waals surface area contributed by atoms with Crippen LogP contribution in [-0.2, 0) is 17.6 Å². The first-order valence-electron chi connectivity index (χ1n) is 12.0. The van der Waals surface area contributed by atoms with E-state index in [9.17, 15) is 4.79 Å². The highest BCUT2D eigenvalue weighted by molar-refractivity contribution is 5.92. The number of ether oxygens (including phenoxy) is 1. The quantitative estimate of drug-likeness (QED) is 0.448. The number of hydrogen-bond acceptors (Lipinski definition) is 5. The molecule has 2 heterocycles. The van der Waals surface area contributed by atoms with Gasteiger partial charge in [-0.2, -0.15) is 5.10 Å². The summed E-state index contributed by atoms with van der Waals surface area (Å²) in [5, 5.41) is 14.1. The van der Waals surface area contributed by atoms with E-state index < -0.39 is 0 Å². The molecule has 3 N–H and O–H groups in total. The minimum atomic E-state index is -0.0226. The fourth-order valence-electron chi connectivity index (χ4n) is 4.58. The van der Waals surface area contributed by atoms with E-state index in [0.717, 1.165) is 61.6 Å². The molecule has 1 aliphatic heterocycles. The number of aromatic nitrogens is 2. The van der Waals surface area contributed by atoms with Gasteiger partial charge in [0, 0.05) is 36.2 Å². The van der Waals surface area contributed by atoms with Gasteiger partial charge in [-0.25, -0.2) is 0 Å². The van der Waals surface area contributed by atoms with Crippen LogP contribution in [0.3, 0.4) is 0 Å². The fraction of sp³-hybridized carbons (Fsp3) is 0.407. The monoisotopic (exact) mass is 461 g/mol. The van der Waals surface area contributed by atoms with Gasteiger partial charge in [-0.1, -0.05) is 12.1 Å².